The molecule has 1 aliphatic heterocycles. The summed E-state index contributed by atoms with van der Waals surface area (Å²) >= 11 is 0. The Hall–Kier alpha value is -0.570. The molecular weight excluding hydrogens is 178 g/mol. The molecule has 0 bridgehead atoms. The van der Waals surface area contributed by atoms with Gasteiger partial charge in [0.25, 0.3) is 0 Å². The molecule has 0 saturated carbocycles. The van der Waals surface area contributed by atoms with E-state index in [1.165, 1.54) is 19.4 Å². The number of aliphatic carboxylic acids is 1. The maximum absolute atomic E-state index is 10.4. The normalized spacial score (nSPS) is 25.1. The molecule has 14 heavy (non-hydrogen) atoms. The standard InChI is InChI=1S/C11H21NO2/c1-9(5-6-11(13)14)8-12-7-3-4-10(12)2/h9-10H,3-8H2,1-2H3,(H,13,14). The van der Waals surface area contributed by atoms with E-state index in [9.17, 15) is 4.79 Å². The zero-order valence-electron chi connectivity index (χ0n) is 9.20. The van der Waals surface area contributed by atoms with Gasteiger partial charge in [0.1, 0.15) is 0 Å². The second-order valence-corrected chi connectivity index (χ2v) is 4.52. The topological polar surface area (TPSA) is 40.5 Å². The summed E-state index contributed by atoms with van der Waals surface area (Å²) in [4.78, 5) is 12.9. The third-order valence-corrected chi connectivity index (χ3v) is 3.09. The average Bonchev–Trinajstić information content (AvgIpc) is 2.49. The van der Waals surface area contributed by atoms with Gasteiger partial charge in [-0.3, -0.25) is 4.79 Å². The first-order valence-electron chi connectivity index (χ1n) is 5.55. The first-order chi connectivity index (χ1) is 6.59. The van der Waals surface area contributed by atoms with E-state index in [4.69, 9.17) is 5.11 Å². The van der Waals surface area contributed by atoms with Crippen molar-refractivity contribution in [3.63, 3.8) is 0 Å². The first-order valence-corrected chi connectivity index (χ1v) is 5.55. The molecule has 1 heterocycles. The molecule has 2 atom stereocenters. The van der Waals surface area contributed by atoms with E-state index in [2.05, 4.69) is 18.7 Å². The summed E-state index contributed by atoms with van der Waals surface area (Å²) in [7, 11) is 0. The molecule has 0 amide bonds. The number of rotatable bonds is 5. The molecule has 1 rings (SSSR count). The second-order valence-electron chi connectivity index (χ2n) is 4.52. The van der Waals surface area contributed by atoms with Crippen molar-refractivity contribution in [2.45, 2.75) is 45.6 Å². The fraction of sp³-hybridized carbons (Fsp3) is 0.909. The number of hydrogen-bond acceptors (Lipinski definition) is 2. The second kappa shape index (κ2) is 5.35. The van der Waals surface area contributed by atoms with Crippen molar-refractivity contribution < 1.29 is 9.90 Å². The molecule has 1 aliphatic rings. The van der Waals surface area contributed by atoms with Crippen LogP contribution in [0, 0.1) is 5.92 Å². The Balaban J connectivity index is 2.19. The zero-order chi connectivity index (χ0) is 10.6. The van der Waals surface area contributed by atoms with E-state index in [-0.39, 0.29) is 0 Å². The maximum Gasteiger partial charge on any atom is 0.303 e. The van der Waals surface area contributed by atoms with Gasteiger partial charge >= 0.3 is 5.97 Å². The molecule has 2 unspecified atom stereocenters. The summed E-state index contributed by atoms with van der Waals surface area (Å²) in [6.07, 6.45) is 3.71. The van der Waals surface area contributed by atoms with Crippen molar-refractivity contribution >= 4 is 5.97 Å². The molecule has 0 aromatic rings. The van der Waals surface area contributed by atoms with Crippen LogP contribution in [-0.2, 0) is 4.79 Å². The minimum Gasteiger partial charge on any atom is -0.481 e. The average molecular weight is 199 g/mol. The van der Waals surface area contributed by atoms with Crippen LogP contribution in [-0.4, -0.2) is 35.1 Å². The van der Waals surface area contributed by atoms with Crippen LogP contribution >= 0.6 is 0 Å². The lowest BCUT2D eigenvalue weighted by molar-refractivity contribution is -0.137. The van der Waals surface area contributed by atoms with Crippen LogP contribution in [0.25, 0.3) is 0 Å². The van der Waals surface area contributed by atoms with Crippen LogP contribution in [0.1, 0.15) is 39.5 Å². The van der Waals surface area contributed by atoms with Gasteiger partial charge in [-0.15, -0.1) is 0 Å². The van der Waals surface area contributed by atoms with E-state index in [1.54, 1.807) is 0 Å². The van der Waals surface area contributed by atoms with Crippen molar-refractivity contribution in [3.05, 3.63) is 0 Å². The summed E-state index contributed by atoms with van der Waals surface area (Å²) < 4.78 is 0. The van der Waals surface area contributed by atoms with Crippen molar-refractivity contribution in [2.24, 2.45) is 5.92 Å². The Morgan fingerprint density at radius 1 is 1.64 bits per heavy atom. The van der Waals surface area contributed by atoms with Gasteiger partial charge in [0, 0.05) is 19.0 Å². The van der Waals surface area contributed by atoms with Gasteiger partial charge in [0.2, 0.25) is 0 Å². The zero-order valence-corrected chi connectivity index (χ0v) is 9.20. The molecule has 82 valence electrons. The Labute approximate surface area is 86.1 Å². The fourth-order valence-electron chi connectivity index (χ4n) is 2.13. The number of carboxylic acid groups (broad SMARTS) is 1. The lowest BCUT2D eigenvalue weighted by Gasteiger charge is -2.24. The minimum absolute atomic E-state index is 0.309. The van der Waals surface area contributed by atoms with Gasteiger partial charge in [-0.1, -0.05) is 6.92 Å². The lowest BCUT2D eigenvalue weighted by atomic mass is 10.0. The third kappa shape index (κ3) is 3.66. The fourth-order valence-corrected chi connectivity index (χ4v) is 2.13. The van der Waals surface area contributed by atoms with Crippen molar-refractivity contribution in [3.8, 4) is 0 Å². The summed E-state index contributed by atoms with van der Waals surface area (Å²) in [5.74, 6) is -0.169. The van der Waals surface area contributed by atoms with Crippen molar-refractivity contribution in [1.29, 1.82) is 0 Å². The Kier molecular flexibility index (Phi) is 4.39. The minimum atomic E-state index is -0.675. The van der Waals surface area contributed by atoms with Crippen LogP contribution < -0.4 is 0 Å². The summed E-state index contributed by atoms with van der Waals surface area (Å²) in [5, 5.41) is 8.56. The molecule has 0 aromatic heterocycles. The van der Waals surface area contributed by atoms with Crippen LogP contribution in [0.15, 0.2) is 0 Å². The van der Waals surface area contributed by atoms with E-state index in [0.29, 0.717) is 18.4 Å². The van der Waals surface area contributed by atoms with Gasteiger partial charge in [-0.2, -0.15) is 0 Å². The van der Waals surface area contributed by atoms with E-state index < -0.39 is 5.97 Å². The number of carboxylic acids is 1. The van der Waals surface area contributed by atoms with E-state index in [0.717, 1.165) is 13.0 Å². The monoisotopic (exact) mass is 199 g/mol. The summed E-state index contributed by atoms with van der Waals surface area (Å²) in [5.41, 5.74) is 0. The van der Waals surface area contributed by atoms with Crippen molar-refractivity contribution in [1.82, 2.24) is 4.90 Å². The van der Waals surface area contributed by atoms with Gasteiger partial charge in [-0.25, -0.2) is 0 Å². The predicted molar refractivity (Wildman–Crippen MR) is 56.3 cm³/mol. The van der Waals surface area contributed by atoms with Crippen LogP contribution in [0.4, 0.5) is 0 Å². The number of carbonyl (C=O) groups is 1. The highest BCUT2D eigenvalue weighted by Gasteiger charge is 2.21. The quantitative estimate of drug-likeness (QED) is 0.736. The number of likely N-dealkylation sites (tertiary alicyclic amines) is 1. The maximum atomic E-state index is 10.4. The van der Waals surface area contributed by atoms with Crippen LogP contribution in [0.2, 0.25) is 0 Å². The molecule has 0 radical (unpaired) electrons. The molecule has 3 heteroatoms. The SMILES string of the molecule is CC(CCC(=O)O)CN1CCCC1C. The predicted octanol–water partition coefficient (Wildman–Crippen LogP) is 1.97. The van der Waals surface area contributed by atoms with Gasteiger partial charge in [0.05, 0.1) is 0 Å². The Bertz CT molecular complexity index is 194. The molecular formula is C11H21NO2. The number of hydrogen-bond donors (Lipinski definition) is 1. The van der Waals surface area contributed by atoms with Crippen LogP contribution in [0.5, 0.6) is 0 Å². The largest absolute Gasteiger partial charge is 0.481 e. The highest BCUT2D eigenvalue weighted by molar-refractivity contribution is 5.66. The molecule has 1 saturated heterocycles. The Morgan fingerprint density at radius 3 is 2.86 bits per heavy atom. The third-order valence-electron chi connectivity index (χ3n) is 3.09. The lowest BCUT2D eigenvalue weighted by Crippen LogP contribution is -2.31. The van der Waals surface area contributed by atoms with Crippen molar-refractivity contribution in [2.75, 3.05) is 13.1 Å². The molecule has 0 aliphatic carbocycles. The summed E-state index contributed by atoms with van der Waals surface area (Å²) in [6, 6.07) is 0.697. The number of nitrogens with zero attached hydrogens (tertiary/aromatic N) is 1. The molecule has 1 fully saturated rings. The molecule has 0 spiro atoms. The van der Waals surface area contributed by atoms with E-state index in [1.807, 2.05) is 0 Å². The Morgan fingerprint density at radius 2 is 2.36 bits per heavy atom. The van der Waals surface area contributed by atoms with Crippen LogP contribution in [0.3, 0.4) is 0 Å². The van der Waals surface area contributed by atoms with Gasteiger partial charge < -0.3 is 10.0 Å². The highest BCUT2D eigenvalue weighted by Crippen LogP contribution is 2.19. The molecule has 0 aromatic carbocycles. The van der Waals surface area contributed by atoms with E-state index >= 15 is 0 Å². The van der Waals surface area contributed by atoms with Gasteiger partial charge in [0.15, 0.2) is 0 Å². The first kappa shape index (κ1) is 11.5. The smallest absolute Gasteiger partial charge is 0.303 e. The molecule has 3 nitrogen and oxygen atoms in total. The highest BCUT2D eigenvalue weighted by atomic mass is 16.4. The summed E-state index contributed by atoms with van der Waals surface area (Å²) in [6.45, 7) is 6.66. The van der Waals surface area contributed by atoms with Gasteiger partial charge in [-0.05, 0) is 38.6 Å². The molecule has 1 N–H and O–H groups in total.